The summed E-state index contributed by atoms with van der Waals surface area (Å²) in [4.78, 5) is 4.35. The molecule has 6 heteroatoms. The summed E-state index contributed by atoms with van der Waals surface area (Å²) in [6.07, 6.45) is 2.57. The zero-order valence-electron chi connectivity index (χ0n) is 18.3. The summed E-state index contributed by atoms with van der Waals surface area (Å²) in [6, 6.07) is 13.1. The monoisotopic (exact) mass is 416 g/mol. The molecule has 1 aliphatic rings. The van der Waals surface area contributed by atoms with Crippen LogP contribution >= 0.6 is 0 Å². The minimum atomic E-state index is -0.323. The van der Waals surface area contributed by atoms with E-state index in [9.17, 15) is 4.39 Å². The van der Waals surface area contributed by atoms with Gasteiger partial charge in [0, 0.05) is 44.5 Å². The van der Waals surface area contributed by atoms with Gasteiger partial charge in [0.25, 0.3) is 0 Å². The largest absolute Gasteiger partial charge is 0.497 e. The van der Waals surface area contributed by atoms with E-state index in [1.165, 1.54) is 0 Å². The minimum Gasteiger partial charge on any atom is -0.497 e. The molecule has 1 fully saturated rings. The molecular formula is C24H33FN2O3. The Hall–Kier alpha value is -2.31. The van der Waals surface area contributed by atoms with Crippen molar-refractivity contribution in [1.29, 1.82) is 0 Å². The first-order valence-corrected chi connectivity index (χ1v) is 10.7. The molecular weight excluding hydrogens is 383 g/mol. The SMILES string of the molecule is CCN(Cc1ccc(OCCN(C)C[C@H]2CCCO2)c(F)c1)c1cccc(OC)c1. The number of likely N-dealkylation sites (N-methyl/N-ethyl adjacent to an activating group) is 1. The maximum atomic E-state index is 14.6. The number of anilines is 1. The fraction of sp³-hybridized carbons (Fsp3) is 0.500. The van der Waals surface area contributed by atoms with Gasteiger partial charge in [-0.3, -0.25) is 0 Å². The van der Waals surface area contributed by atoms with Crippen LogP contribution in [0.3, 0.4) is 0 Å². The molecule has 2 aromatic carbocycles. The van der Waals surface area contributed by atoms with Crippen molar-refractivity contribution < 1.29 is 18.6 Å². The molecule has 0 amide bonds. The number of halogens is 1. The Bertz CT molecular complexity index is 796. The smallest absolute Gasteiger partial charge is 0.165 e. The number of nitrogens with zero attached hydrogens (tertiary/aromatic N) is 2. The fourth-order valence-electron chi connectivity index (χ4n) is 3.71. The number of rotatable bonds is 11. The molecule has 0 saturated carbocycles. The van der Waals surface area contributed by atoms with Gasteiger partial charge in [-0.1, -0.05) is 12.1 Å². The van der Waals surface area contributed by atoms with Crippen molar-refractivity contribution in [3.05, 3.63) is 53.8 Å². The van der Waals surface area contributed by atoms with E-state index < -0.39 is 0 Å². The highest BCUT2D eigenvalue weighted by molar-refractivity contribution is 5.51. The lowest BCUT2D eigenvalue weighted by atomic mass is 10.1. The van der Waals surface area contributed by atoms with Gasteiger partial charge >= 0.3 is 0 Å². The van der Waals surface area contributed by atoms with Gasteiger partial charge in [-0.05, 0) is 56.6 Å². The van der Waals surface area contributed by atoms with E-state index >= 15 is 0 Å². The highest BCUT2D eigenvalue weighted by atomic mass is 19.1. The molecule has 0 N–H and O–H groups in total. The highest BCUT2D eigenvalue weighted by Gasteiger charge is 2.17. The van der Waals surface area contributed by atoms with Crippen LogP contribution in [-0.4, -0.2) is 58.0 Å². The van der Waals surface area contributed by atoms with E-state index in [0.717, 1.165) is 56.1 Å². The average Bonchev–Trinajstić information content (AvgIpc) is 3.26. The van der Waals surface area contributed by atoms with Crippen molar-refractivity contribution in [3.63, 3.8) is 0 Å². The van der Waals surface area contributed by atoms with Crippen LogP contribution in [-0.2, 0) is 11.3 Å². The van der Waals surface area contributed by atoms with E-state index in [1.54, 1.807) is 19.2 Å². The van der Waals surface area contributed by atoms with Crippen molar-refractivity contribution in [2.24, 2.45) is 0 Å². The number of methoxy groups -OCH3 is 1. The summed E-state index contributed by atoms with van der Waals surface area (Å²) >= 11 is 0. The van der Waals surface area contributed by atoms with Gasteiger partial charge in [0.05, 0.1) is 13.2 Å². The molecule has 164 valence electrons. The van der Waals surface area contributed by atoms with Crippen molar-refractivity contribution in [3.8, 4) is 11.5 Å². The molecule has 3 rings (SSSR count). The third-order valence-electron chi connectivity index (χ3n) is 5.44. The predicted molar refractivity (Wildman–Crippen MR) is 118 cm³/mol. The quantitative estimate of drug-likeness (QED) is 0.544. The second-order valence-electron chi connectivity index (χ2n) is 7.73. The molecule has 5 nitrogen and oxygen atoms in total. The lowest BCUT2D eigenvalue weighted by Gasteiger charge is -2.24. The van der Waals surface area contributed by atoms with E-state index in [-0.39, 0.29) is 5.82 Å². The summed E-state index contributed by atoms with van der Waals surface area (Å²) < 4.78 is 31.2. The second kappa shape index (κ2) is 11.2. The summed E-state index contributed by atoms with van der Waals surface area (Å²) in [5.41, 5.74) is 1.95. The number of hydrogen-bond donors (Lipinski definition) is 0. The zero-order valence-corrected chi connectivity index (χ0v) is 18.3. The van der Waals surface area contributed by atoms with E-state index in [1.807, 2.05) is 37.4 Å². The van der Waals surface area contributed by atoms with Gasteiger partial charge in [-0.15, -0.1) is 0 Å². The van der Waals surface area contributed by atoms with Gasteiger partial charge in [-0.2, -0.15) is 0 Å². The van der Waals surface area contributed by atoms with Crippen LogP contribution in [0.25, 0.3) is 0 Å². The normalized spacial score (nSPS) is 16.1. The lowest BCUT2D eigenvalue weighted by Crippen LogP contribution is -2.32. The van der Waals surface area contributed by atoms with Crippen molar-refractivity contribution in [2.75, 3.05) is 51.9 Å². The Morgan fingerprint density at radius 3 is 2.77 bits per heavy atom. The lowest BCUT2D eigenvalue weighted by molar-refractivity contribution is 0.0769. The van der Waals surface area contributed by atoms with Crippen molar-refractivity contribution in [1.82, 2.24) is 4.90 Å². The molecule has 0 aromatic heterocycles. The maximum absolute atomic E-state index is 14.6. The standard InChI is InChI=1S/C24H33FN2O3/c1-4-27(20-7-5-8-21(16-20)28-3)17-19-10-11-24(23(25)15-19)30-14-12-26(2)18-22-9-6-13-29-22/h5,7-8,10-11,15-16,22H,4,6,9,12-14,17-18H2,1-3H3/t22-/m1/s1. The van der Waals surface area contributed by atoms with E-state index in [0.29, 0.717) is 25.0 Å². The molecule has 0 unspecified atom stereocenters. The first-order valence-electron chi connectivity index (χ1n) is 10.7. The van der Waals surface area contributed by atoms with Crippen LogP contribution in [0, 0.1) is 5.82 Å². The van der Waals surface area contributed by atoms with Crippen LogP contribution in [0.4, 0.5) is 10.1 Å². The van der Waals surface area contributed by atoms with Crippen molar-refractivity contribution >= 4 is 5.69 Å². The molecule has 2 aromatic rings. The Labute approximate surface area is 179 Å². The Morgan fingerprint density at radius 2 is 2.07 bits per heavy atom. The Morgan fingerprint density at radius 1 is 1.20 bits per heavy atom. The Balaban J connectivity index is 1.52. The summed E-state index contributed by atoms with van der Waals surface area (Å²) in [5, 5.41) is 0. The first-order chi connectivity index (χ1) is 14.6. The summed E-state index contributed by atoms with van der Waals surface area (Å²) in [7, 11) is 3.70. The molecule has 0 radical (unpaired) electrons. The molecule has 1 aliphatic heterocycles. The van der Waals surface area contributed by atoms with Gasteiger partial charge in [0.1, 0.15) is 12.4 Å². The van der Waals surface area contributed by atoms with E-state index in [4.69, 9.17) is 14.2 Å². The second-order valence-corrected chi connectivity index (χ2v) is 7.73. The predicted octanol–water partition coefficient (Wildman–Crippen LogP) is 4.35. The number of ether oxygens (including phenoxy) is 3. The Kier molecular flexibility index (Phi) is 8.34. The topological polar surface area (TPSA) is 34.2 Å². The molecule has 1 saturated heterocycles. The minimum absolute atomic E-state index is 0.300. The molecule has 1 atom stereocenters. The van der Waals surface area contributed by atoms with Crippen LogP contribution in [0.5, 0.6) is 11.5 Å². The summed E-state index contributed by atoms with van der Waals surface area (Å²) in [6.45, 7) is 6.45. The third-order valence-corrected chi connectivity index (χ3v) is 5.44. The molecule has 0 bridgehead atoms. The number of benzene rings is 2. The van der Waals surface area contributed by atoms with Crippen LogP contribution in [0.2, 0.25) is 0 Å². The van der Waals surface area contributed by atoms with Crippen LogP contribution in [0.15, 0.2) is 42.5 Å². The van der Waals surface area contributed by atoms with Crippen molar-refractivity contribution in [2.45, 2.75) is 32.4 Å². The average molecular weight is 417 g/mol. The zero-order chi connectivity index (χ0) is 21.3. The maximum Gasteiger partial charge on any atom is 0.165 e. The van der Waals surface area contributed by atoms with Gasteiger partial charge in [0.2, 0.25) is 0 Å². The molecule has 30 heavy (non-hydrogen) atoms. The van der Waals surface area contributed by atoms with E-state index in [2.05, 4.69) is 16.7 Å². The van der Waals surface area contributed by atoms with Gasteiger partial charge in [0.15, 0.2) is 11.6 Å². The fourth-order valence-corrected chi connectivity index (χ4v) is 3.71. The highest BCUT2D eigenvalue weighted by Crippen LogP contribution is 2.24. The summed E-state index contributed by atoms with van der Waals surface area (Å²) in [5.74, 6) is 0.787. The molecule has 0 spiro atoms. The first kappa shape index (κ1) is 22.4. The number of hydrogen-bond acceptors (Lipinski definition) is 5. The van der Waals surface area contributed by atoms with Crippen LogP contribution in [0.1, 0.15) is 25.3 Å². The van der Waals surface area contributed by atoms with Gasteiger partial charge in [-0.25, -0.2) is 4.39 Å². The van der Waals surface area contributed by atoms with Crippen LogP contribution < -0.4 is 14.4 Å². The third kappa shape index (κ3) is 6.34. The molecule has 1 heterocycles. The van der Waals surface area contributed by atoms with Gasteiger partial charge < -0.3 is 24.0 Å². The molecule has 0 aliphatic carbocycles.